The standard InChI is InChI=1S/C18H17NO2/c1-20-17-10-9-15(19)11-14(17)12-21-18-8-4-6-13-5-2-3-7-16(13)18/h2-11H,12,19H2,1H3. The number of nitrogen functional groups attached to an aromatic ring is 1. The minimum atomic E-state index is 0.419. The van der Waals surface area contributed by atoms with Gasteiger partial charge in [-0.2, -0.15) is 0 Å². The second-order valence-corrected chi connectivity index (χ2v) is 4.84. The minimum Gasteiger partial charge on any atom is -0.496 e. The van der Waals surface area contributed by atoms with Crippen LogP contribution in [0.4, 0.5) is 5.69 Å². The van der Waals surface area contributed by atoms with Gasteiger partial charge in [0.15, 0.2) is 0 Å². The molecule has 0 atom stereocenters. The van der Waals surface area contributed by atoms with Crippen LogP contribution in [0.1, 0.15) is 5.56 Å². The number of benzene rings is 3. The fourth-order valence-corrected chi connectivity index (χ4v) is 2.39. The van der Waals surface area contributed by atoms with Gasteiger partial charge in [-0.3, -0.25) is 0 Å². The Bertz CT molecular complexity index is 763. The summed E-state index contributed by atoms with van der Waals surface area (Å²) in [6, 6.07) is 19.8. The average Bonchev–Trinajstić information content (AvgIpc) is 2.53. The molecule has 0 unspecified atom stereocenters. The SMILES string of the molecule is COc1ccc(N)cc1COc1cccc2ccccc12. The predicted molar refractivity (Wildman–Crippen MR) is 85.7 cm³/mol. The van der Waals surface area contributed by atoms with E-state index in [9.17, 15) is 0 Å². The van der Waals surface area contributed by atoms with Crippen molar-refractivity contribution >= 4 is 16.5 Å². The molecule has 0 saturated heterocycles. The first kappa shape index (κ1) is 13.3. The summed E-state index contributed by atoms with van der Waals surface area (Å²) in [7, 11) is 1.65. The lowest BCUT2D eigenvalue weighted by atomic mass is 10.1. The van der Waals surface area contributed by atoms with E-state index in [1.807, 2.05) is 42.5 Å². The zero-order chi connectivity index (χ0) is 14.7. The molecule has 2 N–H and O–H groups in total. The molecular weight excluding hydrogens is 262 g/mol. The maximum atomic E-state index is 5.97. The third kappa shape index (κ3) is 2.77. The van der Waals surface area contributed by atoms with Crippen molar-refractivity contribution in [3.8, 4) is 11.5 Å². The molecule has 0 heterocycles. The van der Waals surface area contributed by atoms with Crippen LogP contribution in [0.3, 0.4) is 0 Å². The highest BCUT2D eigenvalue weighted by Gasteiger charge is 2.06. The molecule has 3 rings (SSSR count). The maximum Gasteiger partial charge on any atom is 0.127 e. The van der Waals surface area contributed by atoms with E-state index < -0.39 is 0 Å². The summed E-state index contributed by atoms with van der Waals surface area (Å²) in [5, 5.41) is 2.26. The molecule has 0 aromatic heterocycles. The van der Waals surface area contributed by atoms with E-state index in [4.69, 9.17) is 15.2 Å². The van der Waals surface area contributed by atoms with Crippen molar-refractivity contribution in [2.45, 2.75) is 6.61 Å². The van der Waals surface area contributed by atoms with Crippen LogP contribution in [0, 0.1) is 0 Å². The summed E-state index contributed by atoms with van der Waals surface area (Å²) in [6.07, 6.45) is 0. The molecule has 0 aliphatic carbocycles. The van der Waals surface area contributed by atoms with E-state index in [2.05, 4.69) is 18.2 Å². The molecule has 3 nitrogen and oxygen atoms in total. The van der Waals surface area contributed by atoms with Gasteiger partial charge < -0.3 is 15.2 Å². The third-order valence-corrected chi connectivity index (χ3v) is 3.44. The number of anilines is 1. The van der Waals surface area contributed by atoms with Crippen molar-refractivity contribution < 1.29 is 9.47 Å². The van der Waals surface area contributed by atoms with Crippen LogP contribution in [0.25, 0.3) is 10.8 Å². The molecular formula is C18H17NO2. The van der Waals surface area contributed by atoms with Crippen molar-refractivity contribution in [1.29, 1.82) is 0 Å². The van der Waals surface area contributed by atoms with E-state index in [-0.39, 0.29) is 0 Å². The van der Waals surface area contributed by atoms with Crippen molar-refractivity contribution in [3.05, 3.63) is 66.2 Å². The molecule has 0 spiro atoms. The topological polar surface area (TPSA) is 44.5 Å². The highest BCUT2D eigenvalue weighted by atomic mass is 16.5. The summed E-state index contributed by atoms with van der Waals surface area (Å²) in [5.74, 6) is 1.64. The number of rotatable bonds is 4. The van der Waals surface area contributed by atoms with Crippen LogP contribution >= 0.6 is 0 Å². The Morgan fingerprint density at radius 2 is 1.71 bits per heavy atom. The van der Waals surface area contributed by atoms with E-state index in [0.717, 1.165) is 27.8 Å². The van der Waals surface area contributed by atoms with Crippen molar-refractivity contribution in [3.63, 3.8) is 0 Å². The number of ether oxygens (including phenoxy) is 2. The molecule has 3 aromatic rings. The fourth-order valence-electron chi connectivity index (χ4n) is 2.39. The second kappa shape index (κ2) is 5.75. The van der Waals surface area contributed by atoms with Gasteiger partial charge in [0.25, 0.3) is 0 Å². The highest BCUT2D eigenvalue weighted by molar-refractivity contribution is 5.88. The average molecular weight is 279 g/mol. The Morgan fingerprint density at radius 1 is 0.905 bits per heavy atom. The van der Waals surface area contributed by atoms with Gasteiger partial charge in [0.2, 0.25) is 0 Å². The van der Waals surface area contributed by atoms with Crippen LogP contribution in [0.5, 0.6) is 11.5 Å². The summed E-state index contributed by atoms with van der Waals surface area (Å²) < 4.78 is 11.3. The summed E-state index contributed by atoms with van der Waals surface area (Å²) in [5.41, 5.74) is 7.47. The van der Waals surface area contributed by atoms with Gasteiger partial charge in [-0.25, -0.2) is 0 Å². The molecule has 0 aliphatic heterocycles. The Hall–Kier alpha value is -2.68. The number of hydrogen-bond acceptors (Lipinski definition) is 3. The first-order valence-electron chi connectivity index (χ1n) is 6.81. The molecule has 0 aliphatic rings. The van der Waals surface area contributed by atoms with Crippen molar-refractivity contribution in [2.24, 2.45) is 0 Å². The summed E-state index contributed by atoms with van der Waals surface area (Å²) in [6.45, 7) is 0.419. The minimum absolute atomic E-state index is 0.419. The quantitative estimate of drug-likeness (QED) is 0.734. The molecule has 0 amide bonds. The van der Waals surface area contributed by atoms with Crippen LogP contribution < -0.4 is 15.2 Å². The van der Waals surface area contributed by atoms with Gasteiger partial charge in [-0.1, -0.05) is 36.4 Å². The lowest BCUT2D eigenvalue weighted by molar-refractivity contribution is 0.300. The van der Waals surface area contributed by atoms with Gasteiger partial charge in [-0.05, 0) is 29.7 Å². The number of methoxy groups -OCH3 is 1. The Labute approximate surface area is 123 Å². The largest absolute Gasteiger partial charge is 0.496 e. The van der Waals surface area contributed by atoms with Gasteiger partial charge >= 0.3 is 0 Å². The molecule has 21 heavy (non-hydrogen) atoms. The van der Waals surface area contributed by atoms with E-state index in [0.29, 0.717) is 12.3 Å². The van der Waals surface area contributed by atoms with Gasteiger partial charge in [-0.15, -0.1) is 0 Å². The zero-order valence-corrected chi connectivity index (χ0v) is 11.9. The fraction of sp³-hybridized carbons (Fsp3) is 0.111. The van der Waals surface area contributed by atoms with Crippen molar-refractivity contribution in [2.75, 3.05) is 12.8 Å². The van der Waals surface area contributed by atoms with Crippen LogP contribution in [-0.2, 0) is 6.61 Å². The molecule has 0 saturated carbocycles. The first-order chi connectivity index (χ1) is 10.3. The molecule has 0 fully saturated rings. The third-order valence-electron chi connectivity index (χ3n) is 3.44. The molecule has 106 valence electrons. The Kier molecular flexibility index (Phi) is 3.65. The normalized spacial score (nSPS) is 10.5. The zero-order valence-electron chi connectivity index (χ0n) is 11.9. The molecule has 0 radical (unpaired) electrons. The van der Waals surface area contributed by atoms with Crippen LogP contribution in [-0.4, -0.2) is 7.11 Å². The molecule has 3 aromatic carbocycles. The van der Waals surface area contributed by atoms with Crippen LogP contribution in [0.15, 0.2) is 60.7 Å². The van der Waals surface area contributed by atoms with Gasteiger partial charge in [0.05, 0.1) is 7.11 Å². The van der Waals surface area contributed by atoms with Crippen molar-refractivity contribution in [1.82, 2.24) is 0 Å². The van der Waals surface area contributed by atoms with E-state index in [1.54, 1.807) is 7.11 Å². The predicted octanol–water partition coefficient (Wildman–Crippen LogP) is 4.01. The van der Waals surface area contributed by atoms with E-state index in [1.165, 1.54) is 0 Å². The lowest BCUT2D eigenvalue weighted by Gasteiger charge is -2.12. The number of nitrogens with two attached hydrogens (primary N) is 1. The summed E-state index contributed by atoms with van der Waals surface area (Å²) in [4.78, 5) is 0. The van der Waals surface area contributed by atoms with Gasteiger partial charge in [0, 0.05) is 16.6 Å². The van der Waals surface area contributed by atoms with E-state index >= 15 is 0 Å². The monoisotopic (exact) mass is 279 g/mol. The highest BCUT2D eigenvalue weighted by Crippen LogP contribution is 2.28. The number of fused-ring (bicyclic) bond motifs is 1. The molecule has 3 heteroatoms. The Morgan fingerprint density at radius 3 is 2.57 bits per heavy atom. The molecule has 0 bridgehead atoms. The second-order valence-electron chi connectivity index (χ2n) is 4.84. The number of hydrogen-bond donors (Lipinski definition) is 1. The smallest absolute Gasteiger partial charge is 0.127 e. The maximum absolute atomic E-state index is 5.97. The summed E-state index contributed by atoms with van der Waals surface area (Å²) >= 11 is 0. The Balaban J connectivity index is 1.89. The van der Waals surface area contributed by atoms with Gasteiger partial charge in [0.1, 0.15) is 18.1 Å². The first-order valence-corrected chi connectivity index (χ1v) is 6.81. The van der Waals surface area contributed by atoms with Crippen LogP contribution in [0.2, 0.25) is 0 Å². The lowest BCUT2D eigenvalue weighted by Crippen LogP contribution is -2.00.